The number of hydrogen-bond acceptors (Lipinski definition) is 4. The number of halogens is 1. The van der Waals surface area contributed by atoms with Gasteiger partial charge >= 0.3 is 5.97 Å². The molecule has 2 fully saturated rings. The fourth-order valence-corrected chi connectivity index (χ4v) is 5.46. The maximum absolute atomic E-state index is 13.9. The Balaban J connectivity index is 1.56. The van der Waals surface area contributed by atoms with Crippen LogP contribution in [0.4, 0.5) is 4.39 Å². The summed E-state index contributed by atoms with van der Waals surface area (Å²) in [7, 11) is 0. The predicted molar refractivity (Wildman–Crippen MR) is 133 cm³/mol. The highest BCUT2D eigenvalue weighted by Gasteiger charge is 2.32. The zero-order valence-electron chi connectivity index (χ0n) is 19.5. The molecule has 1 aliphatic heterocycles. The third kappa shape index (κ3) is 4.41. The van der Waals surface area contributed by atoms with Gasteiger partial charge in [0.1, 0.15) is 11.9 Å². The van der Waals surface area contributed by atoms with E-state index in [0.29, 0.717) is 12.3 Å². The van der Waals surface area contributed by atoms with E-state index < -0.39 is 12.2 Å². The fourth-order valence-electron chi connectivity index (χ4n) is 5.46. The first-order chi connectivity index (χ1) is 17.1. The highest BCUT2D eigenvalue weighted by Crippen LogP contribution is 2.47. The monoisotopic (exact) mass is 469 g/mol. The summed E-state index contributed by atoms with van der Waals surface area (Å²) in [6.45, 7) is 0. The summed E-state index contributed by atoms with van der Waals surface area (Å²) in [6.07, 6.45) is 8.24. The largest absolute Gasteiger partial charge is 0.458 e. The van der Waals surface area contributed by atoms with Gasteiger partial charge in [0.15, 0.2) is 0 Å². The molecule has 2 aromatic carbocycles. The predicted octanol–water partition coefficient (Wildman–Crippen LogP) is 6.00. The van der Waals surface area contributed by atoms with Crippen LogP contribution in [0.15, 0.2) is 54.6 Å². The van der Waals surface area contributed by atoms with E-state index in [4.69, 9.17) is 9.72 Å². The number of fused-ring (bicyclic) bond motifs is 3. The number of nitrogens with zero attached hydrogens (tertiary/aromatic N) is 1. The number of carbonyl (C=O) groups excluding carboxylic acids is 1. The van der Waals surface area contributed by atoms with E-state index in [0.717, 1.165) is 60.2 Å². The standard InChI is InChI=1S/C30H28FNO3/c31-21-12-10-19(11-13-21)28-25-7-3-5-18-4-1-2-6-24(18)30(25)32-29(20-8-9-20)26(28)15-14-23-16-22(33)17-27(34)35-23/h1-2,4,6,10-15,20,22-23,33H,3,5,7-9,16-17H2/b15-14+/t22-,23-/m1/s1. The molecule has 1 saturated heterocycles. The van der Waals surface area contributed by atoms with Crippen LogP contribution in [0.1, 0.15) is 60.4 Å². The van der Waals surface area contributed by atoms with Crippen molar-refractivity contribution in [1.82, 2.24) is 4.98 Å². The van der Waals surface area contributed by atoms with Gasteiger partial charge < -0.3 is 9.84 Å². The van der Waals surface area contributed by atoms with Crippen LogP contribution in [0.3, 0.4) is 0 Å². The molecule has 3 aromatic rings. The van der Waals surface area contributed by atoms with Gasteiger partial charge in [-0.15, -0.1) is 0 Å². The van der Waals surface area contributed by atoms with Crippen LogP contribution in [-0.4, -0.2) is 28.3 Å². The van der Waals surface area contributed by atoms with Crippen LogP contribution in [-0.2, 0) is 22.4 Å². The summed E-state index contributed by atoms with van der Waals surface area (Å²) in [5.74, 6) is -0.257. The summed E-state index contributed by atoms with van der Waals surface area (Å²) in [5.41, 5.74) is 8.86. The molecule has 1 N–H and O–H groups in total. The molecule has 3 aliphatic rings. The molecule has 178 valence electrons. The Labute approximate surface area is 204 Å². The summed E-state index contributed by atoms with van der Waals surface area (Å²) < 4.78 is 19.4. The molecular formula is C30H28FNO3. The maximum Gasteiger partial charge on any atom is 0.309 e. The number of benzene rings is 2. The molecule has 4 nitrogen and oxygen atoms in total. The number of pyridine rings is 1. The minimum absolute atomic E-state index is 0.0400. The molecule has 0 spiro atoms. The van der Waals surface area contributed by atoms with Gasteiger partial charge in [0, 0.05) is 23.5 Å². The molecule has 35 heavy (non-hydrogen) atoms. The Morgan fingerprint density at radius 3 is 2.63 bits per heavy atom. The number of aryl methyl sites for hydroxylation is 1. The van der Waals surface area contributed by atoms with Crippen molar-refractivity contribution in [2.24, 2.45) is 0 Å². The van der Waals surface area contributed by atoms with E-state index in [1.807, 2.05) is 24.3 Å². The van der Waals surface area contributed by atoms with E-state index in [2.05, 4.69) is 24.3 Å². The lowest BCUT2D eigenvalue weighted by Crippen LogP contribution is -2.31. The number of esters is 1. The molecule has 0 unspecified atom stereocenters. The molecule has 1 saturated carbocycles. The maximum atomic E-state index is 13.9. The van der Waals surface area contributed by atoms with Crippen LogP contribution in [0, 0.1) is 5.82 Å². The Kier molecular flexibility index (Phi) is 5.73. The normalized spacial score (nSPS) is 21.8. The number of carbonyl (C=O) groups is 1. The molecule has 0 amide bonds. The van der Waals surface area contributed by atoms with Crippen molar-refractivity contribution >= 4 is 12.0 Å². The van der Waals surface area contributed by atoms with Gasteiger partial charge in [0.25, 0.3) is 0 Å². The van der Waals surface area contributed by atoms with Gasteiger partial charge in [-0.3, -0.25) is 9.78 Å². The third-order valence-electron chi connectivity index (χ3n) is 7.27. The summed E-state index contributed by atoms with van der Waals surface area (Å²) in [4.78, 5) is 17.2. The molecule has 2 heterocycles. The van der Waals surface area contributed by atoms with E-state index in [1.54, 1.807) is 0 Å². The van der Waals surface area contributed by atoms with E-state index in [-0.39, 0.29) is 18.2 Å². The summed E-state index contributed by atoms with van der Waals surface area (Å²) in [6, 6.07) is 15.2. The number of hydrogen-bond donors (Lipinski definition) is 1. The second kappa shape index (κ2) is 9.04. The summed E-state index contributed by atoms with van der Waals surface area (Å²) >= 11 is 0. The van der Waals surface area contributed by atoms with Crippen LogP contribution in [0.2, 0.25) is 0 Å². The lowest BCUT2D eigenvalue weighted by molar-refractivity contribution is -0.156. The van der Waals surface area contributed by atoms with Gasteiger partial charge in [0.05, 0.1) is 23.9 Å². The SMILES string of the molecule is O=C1C[C@H](O)C[C@@H](/C=C/c2c(C3CC3)nc3c(c2-c2ccc(F)cc2)CCCc2ccccc2-3)O1. The van der Waals surface area contributed by atoms with Gasteiger partial charge in [-0.25, -0.2) is 4.39 Å². The topological polar surface area (TPSA) is 59.4 Å². The Bertz CT molecular complexity index is 1310. The molecule has 0 radical (unpaired) electrons. The van der Waals surface area contributed by atoms with E-state index in [9.17, 15) is 14.3 Å². The number of aliphatic hydroxyl groups excluding tert-OH is 1. The highest BCUT2D eigenvalue weighted by molar-refractivity contribution is 5.86. The van der Waals surface area contributed by atoms with Gasteiger partial charge in [-0.2, -0.15) is 0 Å². The van der Waals surface area contributed by atoms with Crippen LogP contribution < -0.4 is 0 Å². The first-order valence-electron chi connectivity index (χ1n) is 12.5. The third-order valence-corrected chi connectivity index (χ3v) is 7.27. The molecule has 6 rings (SSSR count). The smallest absolute Gasteiger partial charge is 0.309 e. The first-order valence-corrected chi connectivity index (χ1v) is 12.5. The number of aromatic nitrogens is 1. The number of cyclic esters (lactones) is 1. The van der Waals surface area contributed by atoms with Gasteiger partial charge in [0.2, 0.25) is 0 Å². The Morgan fingerprint density at radius 1 is 1.06 bits per heavy atom. The van der Waals surface area contributed by atoms with Gasteiger partial charge in [-0.1, -0.05) is 42.5 Å². The van der Waals surface area contributed by atoms with E-state index in [1.165, 1.54) is 28.8 Å². The second-order valence-electron chi connectivity index (χ2n) is 9.89. The lowest BCUT2D eigenvalue weighted by Gasteiger charge is -2.24. The van der Waals surface area contributed by atoms with Crippen molar-refractivity contribution < 1.29 is 19.0 Å². The Hall–Kier alpha value is -3.31. The number of rotatable bonds is 4. The molecule has 1 aromatic heterocycles. The van der Waals surface area contributed by atoms with Crippen LogP contribution in [0.25, 0.3) is 28.5 Å². The molecule has 0 bridgehead atoms. The highest BCUT2D eigenvalue weighted by atomic mass is 19.1. The quantitative estimate of drug-likeness (QED) is 0.476. The van der Waals surface area contributed by atoms with Crippen molar-refractivity contribution in [3.05, 3.63) is 82.8 Å². The molecule has 2 atom stereocenters. The van der Waals surface area contributed by atoms with Crippen molar-refractivity contribution in [2.75, 3.05) is 0 Å². The zero-order chi connectivity index (χ0) is 23.9. The first kappa shape index (κ1) is 22.2. The van der Waals surface area contributed by atoms with Crippen molar-refractivity contribution in [3.8, 4) is 22.4 Å². The average molecular weight is 470 g/mol. The number of aliphatic hydroxyl groups is 1. The molecular weight excluding hydrogens is 441 g/mol. The number of ether oxygens (including phenoxy) is 1. The van der Waals surface area contributed by atoms with Crippen molar-refractivity contribution in [3.63, 3.8) is 0 Å². The molecule has 5 heteroatoms. The fraction of sp³-hybridized carbons (Fsp3) is 0.333. The Morgan fingerprint density at radius 2 is 1.86 bits per heavy atom. The zero-order valence-corrected chi connectivity index (χ0v) is 19.5. The summed E-state index contributed by atoms with van der Waals surface area (Å²) in [5, 5.41) is 10.1. The van der Waals surface area contributed by atoms with E-state index >= 15 is 0 Å². The minimum atomic E-state index is -0.688. The minimum Gasteiger partial charge on any atom is -0.458 e. The van der Waals surface area contributed by atoms with Gasteiger partial charge in [-0.05, 0) is 72.6 Å². The molecule has 2 aliphatic carbocycles. The van der Waals surface area contributed by atoms with Crippen LogP contribution >= 0.6 is 0 Å². The van der Waals surface area contributed by atoms with Crippen molar-refractivity contribution in [1.29, 1.82) is 0 Å². The van der Waals surface area contributed by atoms with Crippen molar-refractivity contribution in [2.45, 2.75) is 63.1 Å². The van der Waals surface area contributed by atoms with Crippen LogP contribution in [0.5, 0.6) is 0 Å². The second-order valence-corrected chi connectivity index (χ2v) is 9.89. The lowest BCUT2D eigenvalue weighted by atomic mass is 9.87. The average Bonchev–Trinajstić information content (AvgIpc) is 3.69.